The van der Waals surface area contributed by atoms with Crippen molar-refractivity contribution in [2.75, 3.05) is 0 Å². The Bertz CT molecular complexity index is 840. The molecule has 1 unspecified atom stereocenters. The second kappa shape index (κ2) is 8.45. The fourth-order valence-electron chi connectivity index (χ4n) is 3.23. The molecule has 0 heterocycles. The Kier molecular flexibility index (Phi) is 5.82. The zero-order chi connectivity index (χ0) is 18.4. The van der Waals surface area contributed by atoms with Gasteiger partial charge in [0.05, 0.1) is 5.92 Å². The van der Waals surface area contributed by atoms with E-state index < -0.39 is 11.8 Å². The third kappa shape index (κ3) is 4.01. The number of nitrogens with one attached hydrogen (secondary N) is 1. The van der Waals surface area contributed by atoms with Crippen LogP contribution in [0.5, 0.6) is 0 Å². The molecule has 26 heavy (non-hydrogen) atoms. The van der Waals surface area contributed by atoms with E-state index in [1.807, 2.05) is 54.6 Å². The van der Waals surface area contributed by atoms with Gasteiger partial charge in [0, 0.05) is 0 Å². The molecule has 3 rings (SSSR count). The van der Waals surface area contributed by atoms with Crippen molar-refractivity contribution >= 4 is 5.91 Å². The van der Waals surface area contributed by atoms with E-state index in [-0.39, 0.29) is 0 Å². The molecular weight excluding hydrogens is 322 g/mol. The maximum atomic E-state index is 12.2. The number of aryl methyl sites for hydroxylation is 1. The van der Waals surface area contributed by atoms with Gasteiger partial charge >= 0.3 is 0 Å². The summed E-state index contributed by atoms with van der Waals surface area (Å²) in [6.45, 7) is 2.18. The monoisotopic (exact) mass is 345 g/mol. The first-order chi connectivity index (χ1) is 12.7. The molecule has 0 aliphatic rings. The molecule has 0 fully saturated rings. The Hall–Kier alpha value is -2.91. The van der Waals surface area contributed by atoms with Gasteiger partial charge in [-0.15, -0.1) is 0 Å². The summed E-state index contributed by atoms with van der Waals surface area (Å²) in [7, 11) is 0. The molecule has 0 saturated carbocycles. The molecule has 3 aromatic carbocycles. The van der Waals surface area contributed by atoms with E-state index in [9.17, 15) is 4.79 Å². The summed E-state index contributed by atoms with van der Waals surface area (Å²) in [5.41, 5.74) is 7.07. The number of amides is 1. The number of hydroxylamine groups is 1. The Morgan fingerprint density at radius 3 is 1.92 bits per heavy atom. The molecule has 0 radical (unpaired) electrons. The second-order valence-corrected chi connectivity index (χ2v) is 6.39. The quantitative estimate of drug-likeness (QED) is 0.491. The van der Waals surface area contributed by atoms with Gasteiger partial charge in [-0.25, -0.2) is 5.48 Å². The average Bonchev–Trinajstić information content (AvgIpc) is 2.70. The van der Waals surface area contributed by atoms with Crippen molar-refractivity contribution in [3.63, 3.8) is 0 Å². The highest BCUT2D eigenvalue weighted by Gasteiger charge is 2.22. The lowest BCUT2D eigenvalue weighted by atomic mass is 9.89. The van der Waals surface area contributed by atoms with Crippen molar-refractivity contribution < 1.29 is 10.0 Å². The van der Waals surface area contributed by atoms with Crippen LogP contribution in [0.2, 0.25) is 0 Å². The first kappa shape index (κ1) is 17.9. The molecule has 3 nitrogen and oxygen atoms in total. The second-order valence-electron chi connectivity index (χ2n) is 6.39. The lowest BCUT2D eigenvalue weighted by Gasteiger charge is -2.16. The number of rotatable bonds is 6. The molecule has 0 bridgehead atoms. The molecular formula is C23H23NO2. The summed E-state index contributed by atoms with van der Waals surface area (Å²) in [6.07, 6.45) is 2.23. The zero-order valence-electron chi connectivity index (χ0n) is 14.9. The van der Waals surface area contributed by atoms with Crippen molar-refractivity contribution in [3.8, 4) is 11.1 Å². The lowest BCUT2D eigenvalue weighted by Crippen LogP contribution is -2.27. The molecule has 0 saturated heterocycles. The van der Waals surface area contributed by atoms with Gasteiger partial charge in [-0.2, -0.15) is 0 Å². The van der Waals surface area contributed by atoms with Crippen molar-refractivity contribution in [2.45, 2.75) is 25.7 Å². The van der Waals surface area contributed by atoms with Gasteiger partial charge in [0.1, 0.15) is 0 Å². The maximum Gasteiger partial charge on any atom is 0.255 e. The third-order valence-electron chi connectivity index (χ3n) is 4.58. The summed E-state index contributed by atoms with van der Waals surface area (Å²) in [6, 6.07) is 26.0. The van der Waals surface area contributed by atoms with E-state index >= 15 is 0 Å². The van der Waals surface area contributed by atoms with Crippen LogP contribution in [0.1, 0.15) is 36.0 Å². The minimum Gasteiger partial charge on any atom is -0.289 e. The van der Waals surface area contributed by atoms with Crippen LogP contribution in [-0.4, -0.2) is 11.1 Å². The van der Waals surface area contributed by atoms with Gasteiger partial charge in [-0.05, 0) is 34.2 Å². The first-order valence-electron chi connectivity index (χ1n) is 8.91. The molecule has 0 aromatic heterocycles. The zero-order valence-corrected chi connectivity index (χ0v) is 14.9. The Balaban J connectivity index is 1.88. The Morgan fingerprint density at radius 2 is 1.38 bits per heavy atom. The minimum atomic E-state index is -0.540. The number of hydrogen-bond donors (Lipinski definition) is 2. The molecule has 0 spiro atoms. The summed E-state index contributed by atoms with van der Waals surface area (Å²) in [5.74, 6) is -0.977. The van der Waals surface area contributed by atoms with E-state index in [0.29, 0.717) is 0 Å². The van der Waals surface area contributed by atoms with Crippen LogP contribution >= 0.6 is 0 Å². The third-order valence-corrected chi connectivity index (χ3v) is 4.58. The Morgan fingerprint density at radius 1 is 0.846 bits per heavy atom. The minimum absolute atomic E-state index is 0.437. The van der Waals surface area contributed by atoms with E-state index in [4.69, 9.17) is 5.21 Å². The van der Waals surface area contributed by atoms with Crippen molar-refractivity contribution in [1.29, 1.82) is 0 Å². The summed E-state index contributed by atoms with van der Waals surface area (Å²) in [4.78, 5) is 12.2. The van der Waals surface area contributed by atoms with Gasteiger partial charge < -0.3 is 0 Å². The van der Waals surface area contributed by atoms with Crippen LogP contribution in [-0.2, 0) is 11.2 Å². The first-order valence-corrected chi connectivity index (χ1v) is 8.91. The summed E-state index contributed by atoms with van der Waals surface area (Å²) in [5, 5.41) is 9.13. The van der Waals surface area contributed by atoms with Crippen LogP contribution in [0, 0.1) is 0 Å². The normalized spacial score (nSPS) is 11.8. The van der Waals surface area contributed by atoms with Gasteiger partial charge in [0.15, 0.2) is 0 Å². The molecule has 0 aliphatic carbocycles. The van der Waals surface area contributed by atoms with Crippen LogP contribution in [0.15, 0.2) is 78.9 Å². The highest BCUT2D eigenvalue weighted by Crippen LogP contribution is 2.28. The van der Waals surface area contributed by atoms with Gasteiger partial charge in [0.25, 0.3) is 5.91 Å². The molecule has 132 valence electrons. The van der Waals surface area contributed by atoms with E-state index in [1.54, 1.807) is 5.48 Å². The van der Waals surface area contributed by atoms with E-state index in [1.165, 1.54) is 5.56 Å². The van der Waals surface area contributed by atoms with Crippen LogP contribution in [0.25, 0.3) is 11.1 Å². The molecule has 3 heteroatoms. The van der Waals surface area contributed by atoms with Crippen molar-refractivity contribution in [2.24, 2.45) is 0 Å². The smallest absolute Gasteiger partial charge is 0.255 e. The number of hydrogen-bond acceptors (Lipinski definition) is 2. The van der Waals surface area contributed by atoms with Gasteiger partial charge in [-0.1, -0.05) is 92.2 Å². The highest BCUT2D eigenvalue weighted by atomic mass is 16.5. The average molecular weight is 345 g/mol. The fraction of sp³-hybridized carbons (Fsp3) is 0.174. The van der Waals surface area contributed by atoms with Crippen molar-refractivity contribution in [3.05, 3.63) is 95.6 Å². The molecule has 2 N–H and O–H groups in total. The lowest BCUT2D eigenvalue weighted by molar-refractivity contribution is -0.129. The molecule has 0 aliphatic heterocycles. The Labute approximate surface area is 154 Å². The van der Waals surface area contributed by atoms with Crippen molar-refractivity contribution in [1.82, 2.24) is 5.48 Å². The number of benzene rings is 3. The standard InChI is InChI=1S/C23H23NO2/c1-2-6-17-9-11-18(12-10-17)19-13-15-21(16-14-19)22(23(25)24-26)20-7-4-3-5-8-20/h3-5,7-16,22,26H,2,6H2,1H3,(H,24,25). The summed E-state index contributed by atoms with van der Waals surface area (Å²) < 4.78 is 0. The SMILES string of the molecule is CCCc1ccc(-c2ccc(C(C(=O)NO)c3ccccc3)cc2)cc1. The van der Waals surface area contributed by atoms with Crippen LogP contribution in [0.3, 0.4) is 0 Å². The maximum absolute atomic E-state index is 12.2. The molecule has 3 aromatic rings. The van der Waals surface area contributed by atoms with E-state index in [0.717, 1.165) is 35.1 Å². The van der Waals surface area contributed by atoms with Crippen LogP contribution < -0.4 is 5.48 Å². The molecule has 1 atom stereocenters. The van der Waals surface area contributed by atoms with Gasteiger partial charge in [0.2, 0.25) is 0 Å². The van der Waals surface area contributed by atoms with Crippen LogP contribution in [0.4, 0.5) is 0 Å². The molecule has 1 amide bonds. The predicted octanol–water partition coefficient (Wildman–Crippen LogP) is 4.94. The number of carbonyl (C=O) groups excluding carboxylic acids is 1. The predicted molar refractivity (Wildman–Crippen MR) is 104 cm³/mol. The summed E-state index contributed by atoms with van der Waals surface area (Å²) >= 11 is 0. The largest absolute Gasteiger partial charge is 0.289 e. The van der Waals surface area contributed by atoms with Gasteiger partial charge in [-0.3, -0.25) is 10.0 Å². The van der Waals surface area contributed by atoms with E-state index in [2.05, 4.69) is 31.2 Å². The topological polar surface area (TPSA) is 49.3 Å². The fourth-order valence-corrected chi connectivity index (χ4v) is 3.23. The number of carbonyl (C=O) groups is 1. The highest BCUT2D eigenvalue weighted by molar-refractivity contribution is 5.86.